The third-order valence-electron chi connectivity index (χ3n) is 5.43. The summed E-state index contributed by atoms with van der Waals surface area (Å²) in [5.41, 5.74) is 2.22. The van der Waals surface area contributed by atoms with Gasteiger partial charge in [0.25, 0.3) is 0 Å². The van der Waals surface area contributed by atoms with Crippen molar-refractivity contribution in [2.75, 3.05) is 17.1 Å². The van der Waals surface area contributed by atoms with E-state index in [0.29, 0.717) is 21.3 Å². The molecule has 0 bridgehead atoms. The maximum atomic E-state index is 13.3. The largest absolute Gasteiger partial charge is 0.352 e. The molecule has 0 aliphatic rings. The van der Waals surface area contributed by atoms with Gasteiger partial charge in [0.1, 0.15) is 6.04 Å². The maximum absolute atomic E-state index is 13.3. The SMILES string of the molecule is Cc1ccc(N(CCCC(=O)N(Cc2ccc(Cl)cc2Cl)[C@H](C)C(=O)NC(C)C)S(C)(=O)=O)cc1. The maximum Gasteiger partial charge on any atom is 0.242 e. The van der Waals surface area contributed by atoms with Crippen molar-refractivity contribution in [2.45, 2.75) is 59.2 Å². The van der Waals surface area contributed by atoms with E-state index in [9.17, 15) is 18.0 Å². The molecule has 10 heteroatoms. The predicted molar refractivity (Wildman–Crippen MR) is 142 cm³/mol. The molecule has 0 radical (unpaired) electrons. The normalized spacial score (nSPS) is 12.3. The average molecular weight is 543 g/mol. The number of aryl methyl sites for hydroxylation is 1. The van der Waals surface area contributed by atoms with Crippen LogP contribution in [0.15, 0.2) is 42.5 Å². The van der Waals surface area contributed by atoms with E-state index < -0.39 is 16.1 Å². The average Bonchev–Trinajstić information content (AvgIpc) is 2.75. The summed E-state index contributed by atoms with van der Waals surface area (Å²) >= 11 is 12.3. The molecule has 0 aromatic heterocycles. The molecule has 2 aromatic carbocycles. The van der Waals surface area contributed by atoms with E-state index in [1.54, 1.807) is 37.3 Å². The number of anilines is 1. The fraction of sp³-hybridized carbons (Fsp3) is 0.440. The van der Waals surface area contributed by atoms with Crippen LogP contribution < -0.4 is 9.62 Å². The first-order chi connectivity index (χ1) is 16.3. The van der Waals surface area contributed by atoms with Crippen molar-refractivity contribution in [3.8, 4) is 0 Å². The summed E-state index contributed by atoms with van der Waals surface area (Å²) in [5.74, 6) is -0.560. The van der Waals surface area contributed by atoms with Crippen LogP contribution in [0.2, 0.25) is 10.0 Å². The van der Waals surface area contributed by atoms with E-state index in [2.05, 4.69) is 5.32 Å². The minimum absolute atomic E-state index is 0.0579. The summed E-state index contributed by atoms with van der Waals surface area (Å²) in [7, 11) is -3.54. The molecule has 0 aliphatic carbocycles. The molecule has 2 rings (SSSR count). The van der Waals surface area contributed by atoms with E-state index in [1.165, 1.54) is 9.21 Å². The van der Waals surface area contributed by atoms with Crippen molar-refractivity contribution < 1.29 is 18.0 Å². The number of hydrogen-bond acceptors (Lipinski definition) is 4. The molecule has 0 saturated heterocycles. The van der Waals surface area contributed by atoms with Gasteiger partial charge in [-0.05, 0) is 63.9 Å². The molecular weight excluding hydrogens is 509 g/mol. The summed E-state index contributed by atoms with van der Waals surface area (Å²) in [6, 6.07) is 11.3. The number of carbonyl (C=O) groups is 2. The highest BCUT2D eigenvalue weighted by molar-refractivity contribution is 7.92. The smallest absolute Gasteiger partial charge is 0.242 e. The highest BCUT2D eigenvalue weighted by atomic mass is 35.5. The van der Waals surface area contributed by atoms with Crippen molar-refractivity contribution in [3.05, 3.63) is 63.6 Å². The Bertz CT molecular complexity index is 1140. The second-order valence-electron chi connectivity index (χ2n) is 8.87. The Morgan fingerprint density at radius 2 is 1.66 bits per heavy atom. The van der Waals surface area contributed by atoms with Gasteiger partial charge in [-0.25, -0.2) is 8.42 Å². The van der Waals surface area contributed by atoms with Crippen molar-refractivity contribution in [2.24, 2.45) is 0 Å². The van der Waals surface area contributed by atoms with E-state index in [0.717, 1.165) is 11.8 Å². The third kappa shape index (κ3) is 8.70. The molecule has 1 atom stereocenters. The minimum Gasteiger partial charge on any atom is -0.352 e. The molecule has 35 heavy (non-hydrogen) atoms. The Balaban J connectivity index is 2.19. The molecule has 0 spiro atoms. The standard InChI is InChI=1S/C25H33Cl2N3O4S/c1-17(2)28-25(32)19(4)29(16-20-10-11-21(26)15-23(20)27)24(31)7-6-14-30(35(5,33)34)22-12-8-18(3)9-13-22/h8-13,15,17,19H,6-7,14,16H2,1-5H3,(H,28,32)/t19-/m1/s1. The number of carbonyl (C=O) groups excluding carboxylic acids is 2. The van der Waals surface area contributed by atoms with Crippen molar-refractivity contribution in [1.29, 1.82) is 0 Å². The lowest BCUT2D eigenvalue weighted by molar-refractivity contribution is -0.140. The number of benzene rings is 2. The fourth-order valence-electron chi connectivity index (χ4n) is 3.54. The number of halogens is 2. The van der Waals surface area contributed by atoms with Crippen molar-refractivity contribution in [1.82, 2.24) is 10.2 Å². The summed E-state index contributed by atoms with van der Waals surface area (Å²) in [6.45, 7) is 7.53. The van der Waals surface area contributed by atoms with Gasteiger partial charge in [0.2, 0.25) is 21.8 Å². The molecule has 0 aliphatic heterocycles. The second-order valence-corrected chi connectivity index (χ2v) is 11.6. The quantitative estimate of drug-likeness (QED) is 0.443. The van der Waals surface area contributed by atoms with Crippen molar-refractivity contribution >= 4 is 50.7 Å². The van der Waals surface area contributed by atoms with Gasteiger partial charge in [-0.15, -0.1) is 0 Å². The lowest BCUT2D eigenvalue weighted by Crippen LogP contribution is -2.49. The van der Waals surface area contributed by atoms with Gasteiger partial charge < -0.3 is 10.2 Å². The van der Waals surface area contributed by atoms with Crippen molar-refractivity contribution in [3.63, 3.8) is 0 Å². The zero-order valence-electron chi connectivity index (χ0n) is 20.7. The Morgan fingerprint density at radius 3 is 2.20 bits per heavy atom. The lowest BCUT2D eigenvalue weighted by Gasteiger charge is -2.30. The van der Waals surface area contributed by atoms with Gasteiger partial charge in [-0.2, -0.15) is 0 Å². The van der Waals surface area contributed by atoms with E-state index in [1.807, 2.05) is 32.9 Å². The van der Waals surface area contributed by atoms with Crippen LogP contribution >= 0.6 is 23.2 Å². The molecule has 2 amide bonds. The van der Waals surface area contributed by atoms with Gasteiger partial charge >= 0.3 is 0 Å². The van der Waals surface area contributed by atoms with Gasteiger partial charge in [0.15, 0.2) is 0 Å². The van der Waals surface area contributed by atoms with Gasteiger partial charge in [0, 0.05) is 35.6 Å². The molecule has 0 heterocycles. The first kappa shape index (κ1) is 28.9. The van der Waals surface area contributed by atoms with Gasteiger partial charge in [-0.1, -0.05) is 47.0 Å². The lowest BCUT2D eigenvalue weighted by atomic mass is 10.1. The highest BCUT2D eigenvalue weighted by Gasteiger charge is 2.27. The first-order valence-electron chi connectivity index (χ1n) is 11.4. The van der Waals surface area contributed by atoms with Crippen LogP contribution in [-0.4, -0.2) is 50.0 Å². The van der Waals surface area contributed by atoms with Gasteiger partial charge in [-0.3, -0.25) is 13.9 Å². The zero-order valence-corrected chi connectivity index (χ0v) is 23.0. The van der Waals surface area contributed by atoms with Crippen LogP contribution in [0.3, 0.4) is 0 Å². The topological polar surface area (TPSA) is 86.8 Å². The Kier molecular flexibility index (Phi) is 10.4. The number of amides is 2. The van der Waals surface area contributed by atoms with E-state index >= 15 is 0 Å². The molecule has 0 saturated carbocycles. The molecule has 1 N–H and O–H groups in total. The number of rotatable bonds is 11. The molecule has 0 unspecified atom stereocenters. The summed E-state index contributed by atoms with van der Waals surface area (Å²) in [5, 5.41) is 3.70. The Morgan fingerprint density at radius 1 is 1.03 bits per heavy atom. The molecule has 2 aromatic rings. The molecule has 192 valence electrons. The van der Waals surface area contributed by atoms with Crippen LogP contribution in [-0.2, 0) is 26.2 Å². The van der Waals surface area contributed by atoms with Crippen LogP contribution in [0.1, 0.15) is 44.7 Å². The monoisotopic (exact) mass is 541 g/mol. The highest BCUT2D eigenvalue weighted by Crippen LogP contribution is 2.24. The molecule has 0 fully saturated rings. The number of sulfonamides is 1. The van der Waals surface area contributed by atoms with Gasteiger partial charge in [0.05, 0.1) is 11.9 Å². The number of nitrogens with zero attached hydrogens (tertiary/aromatic N) is 2. The predicted octanol–water partition coefficient (Wildman–Crippen LogP) is 4.79. The van der Waals surface area contributed by atoms with Crippen LogP contribution in [0.5, 0.6) is 0 Å². The van der Waals surface area contributed by atoms with E-state index in [4.69, 9.17) is 23.2 Å². The molecule has 7 nitrogen and oxygen atoms in total. The van der Waals surface area contributed by atoms with Crippen LogP contribution in [0.4, 0.5) is 5.69 Å². The third-order valence-corrected chi connectivity index (χ3v) is 7.21. The number of nitrogens with one attached hydrogen (secondary N) is 1. The summed E-state index contributed by atoms with van der Waals surface area (Å²) in [6.07, 6.45) is 1.48. The molecular formula is C25H33Cl2N3O4S. The Labute approximate surface area is 218 Å². The van der Waals surface area contributed by atoms with Crippen LogP contribution in [0, 0.1) is 6.92 Å². The first-order valence-corrected chi connectivity index (χ1v) is 14.0. The number of hydrogen-bond donors (Lipinski definition) is 1. The van der Waals surface area contributed by atoms with E-state index in [-0.39, 0.29) is 43.8 Å². The second kappa shape index (κ2) is 12.6. The Hall–Kier alpha value is -2.29. The minimum atomic E-state index is -3.54. The summed E-state index contributed by atoms with van der Waals surface area (Å²) < 4.78 is 26.1. The zero-order chi connectivity index (χ0) is 26.3. The van der Waals surface area contributed by atoms with Crippen LogP contribution in [0.25, 0.3) is 0 Å². The fourth-order valence-corrected chi connectivity index (χ4v) is 4.97. The summed E-state index contributed by atoms with van der Waals surface area (Å²) in [4.78, 5) is 27.4.